The van der Waals surface area contributed by atoms with E-state index in [1.54, 1.807) is 0 Å². The van der Waals surface area contributed by atoms with Crippen LogP contribution in [0.5, 0.6) is 0 Å². The molecule has 1 aromatic heterocycles. The molecule has 2 N–H and O–H groups in total. The molecule has 0 unspecified atom stereocenters. The lowest BCUT2D eigenvalue weighted by atomic mass is 9.77. The first-order valence-electron chi connectivity index (χ1n) is 8.18. The molecular formula is C17H22N4O. The summed E-state index contributed by atoms with van der Waals surface area (Å²) in [4.78, 5) is 7.02. The van der Waals surface area contributed by atoms with Gasteiger partial charge < -0.3 is 10.3 Å². The Hall–Kier alpha value is -1.72. The Balaban J connectivity index is 1.54. The highest BCUT2D eigenvalue weighted by atomic mass is 16.5. The smallest absolute Gasteiger partial charge is 0.258 e. The SMILES string of the molecule is NC1(c2noc(-c3cccc(CN4CCCC4)c3)n2)CCC1. The first-order chi connectivity index (χ1) is 10.7. The molecule has 1 aliphatic heterocycles. The molecular weight excluding hydrogens is 276 g/mol. The quantitative estimate of drug-likeness (QED) is 0.940. The minimum absolute atomic E-state index is 0.366. The fourth-order valence-electron chi connectivity index (χ4n) is 3.33. The normalized spacial score (nSPS) is 21.0. The average Bonchev–Trinajstić information content (AvgIpc) is 3.16. The van der Waals surface area contributed by atoms with Crippen LogP contribution in [0.25, 0.3) is 11.5 Å². The lowest BCUT2D eigenvalue weighted by Crippen LogP contribution is -2.44. The fraction of sp³-hybridized carbons (Fsp3) is 0.529. The molecule has 5 heteroatoms. The van der Waals surface area contributed by atoms with Gasteiger partial charge in [0.05, 0.1) is 5.54 Å². The number of rotatable bonds is 4. The van der Waals surface area contributed by atoms with E-state index in [1.807, 2.05) is 6.07 Å². The van der Waals surface area contributed by atoms with Gasteiger partial charge in [-0.25, -0.2) is 0 Å². The highest BCUT2D eigenvalue weighted by molar-refractivity contribution is 5.54. The van der Waals surface area contributed by atoms with E-state index in [0.29, 0.717) is 11.7 Å². The Morgan fingerprint density at radius 2 is 2.00 bits per heavy atom. The van der Waals surface area contributed by atoms with Gasteiger partial charge in [0.1, 0.15) is 0 Å². The molecule has 2 heterocycles. The monoisotopic (exact) mass is 298 g/mol. The molecule has 5 nitrogen and oxygen atoms in total. The van der Waals surface area contributed by atoms with Gasteiger partial charge in [-0.3, -0.25) is 4.90 Å². The maximum Gasteiger partial charge on any atom is 0.258 e. The van der Waals surface area contributed by atoms with Crippen LogP contribution in [-0.4, -0.2) is 28.1 Å². The van der Waals surface area contributed by atoms with Gasteiger partial charge in [0.2, 0.25) is 0 Å². The van der Waals surface area contributed by atoms with Crippen molar-refractivity contribution in [3.8, 4) is 11.5 Å². The maximum absolute atomic E-state index is 6.26. The van der Waals surface area contributed by atoms with Crippen molar-refractivity contribution in [3.63, 3.8) is 0 Å². The van der Waals surface area contributed by atoms with Crippen molar-refractivity contribution in [2.75, 3.05) is 13.1 Å². The van der Waals surface area contributed by atoms with Crippen LogP contribution in [0.1, 0.15) is 43.5 Å². The van der Waals surface area contributed by atoms with E-state index < -0.39 is 0 Å². The number of hydrogen-bond donors (Lipinski definition) is 1. The molecule has 2 aliphatic rings. The van der Waals surface area contributed by atoms with Crippen LogP contribution in [0, 0.1) is 0 Å². The van der Waals surface area contributed by atoms with Gasteiger partial charge in [0, 0.05) is 12.1 Å². The zero-order valence-corrected chi connectivity index (χ0v) is 12.8. The molecule has 1 saturated heterocycles. The summed E-state index contributed by atoms with van der Waals surface area (Å²) < 4.78 is 5.44. The molecule has 1 aromatic carbocycles. The van der Waals surface area contributed by atoms with Gasteiger partial charge in [-0.05, 0) is 62.9 Å². The van der Waals surface area contributed by atoms with E-state index >= 15 is 0 Å². The number of hydrogen-bond acceptors (Lipinski definition) is 5. The number of nitrogens with two attached hydrogens (primary N) is 1. The van der Waals surface area contributed by atoms with Gasteiger partial charge in [0.25, 0.3) is 5.89 Å². The molecule has 2 fully saturated rings. The minimum Gasteiger partial charge on any atom is -0.334 e. The molecule has 0 bridgehead atoms. The summed E-state index contributed by atoms with van der Waals surface area (Å²) in [6.45, 7) is 3.39. The zero-order valence-electron chi connectivity index (χ0n) is 12.8. The van der Waals surface area contributed by atoms with Crippen molar-refractivity contribution < 1.29 is 4.52 Å². The molecule has 4 rings (SSSR count). The van der Waals surface area contributed by atoms with E-state index in [0.717, 1.165) is 31.4 Å². The van der Waals surface area contributed by atoms with Crippen molar-refractivity contribution in [2.45, 2.75) is 44.2 Å². The van der Waals surface area contributed by atoms with Gasteiger partial charge in [-0.15, -0.1) is 0 Å². The Bertz CT molecular complexity index is 656. The summed E-state index contributed by atoms with van der Waals surface area (Å²) in [5.74, 6) is 1.23. The summed E-state index contributed by atoms with van der Waals surface area (Å²) in [6, 6.07) is 8.40. The number of likely N-dealkylation sites (tertiary alicyclic amines) is 1. The fourth-order valence-corrected chi connectivity index (χ4v) is 3.33. The predicted molar refractivity (Wildman–Crippen MR) is 84.0 cm³/mol. The summed E-state index contributed by atoms with van der Waals surface area (Å²) >= 11 is 0. The zero-order chi connectivity index (χ0) is 15.0. The van der Waals surface area contributed by atoms with E-state index in [-0.39, 0.29) is 5.54 Å². The van der Waals surface area contributed by atoms with Gasteiger partial charge in [0.15, 0.2) is 5.82 Å². The topological polar surface area (TPSA) is 68.2 Å². The Morgan fingerprint density at radius 1 is 1.18 bits per heavy atom. The van der Waals surface area contributed by atoms with Crippen LogP contribution in [0.4, 0.5) is 0 Å². The number of benzene rings is 1. The lowest BCUT2D eigenvalue weighted by molar-refractivity contribution is 0.229. The van der Waals surface area contributed by atoms with Crippen LogP contribution in [0.2, 0.25) is 0 Å². The summed E-state index contributed by atoms with van der Waals surface area (Å²) in [7, 11) is 0. The molecule has 1 saturated carbocycles. The number of aromatic nitrogens is 2. The van der Waals surface area contributed by atoms with Crippen LogP contribution in [0.3, 0.4) is 0 Å². The summed E-state index contributed by atoms with van der Waals surface area (Å²) in [5.41, 5.74) is 8.18. The van der Waals surface area contributed by atoms with Crippen molar-refractivity contribution in [3.05, 3.63) is 35.7 Å². The molecule has 22 heavy (non-hydrogen) atoms. The second-order valence-electron chi connectivity index (χ2n) is 6.62. The van der Waals surface area contributed by atoms with Crippen LogP contribution in [0.15, 0.2) is 28.8 Å². The summed E-state index contributed by atoms with van der Waals surface area (Å²) in [5, 5.41) is 4.10. The van der Waals surface area contributed by atoms with E-state index in [2.05, 4.69) is 33.2 Å². The maximum atomic E-state index is 6.26. The standard InChI is InChI=1S/C17H22N4O/c18-17(7-4-8-17)16-19-15(22-20-16)14-6-3-5-13(11-14)12-21-9-1-2-10-21/h3,5-6,11H,1-2,4,7-10,12,18H2. The van der Waals surface area contributed by atoms with Crippen molar-refractivity contribution >= 4 is 0 Å². The van der Waals surface area contributed by atoms with Crippen LogP contribution < -0.4 is 5.73 Å². The van der Waals surface area contributed by atoms with E-state index in [9.17, 15) is 0 Å². The Morgan fingerprint density at radius 3 is 2.73 bits per heavy atom. The van der Waals surface area contributed by atoms with Crippen molar-refractivity contribution in [2.24, 2.45) is 5.73 Å². The highest BCUT2D eigenvalue weighted by Gasteiger charge is 2.39. The van der Waals surface area contributed by atoms with Crippen molar-refractivity contribution in [1.82, 2.24) is 15.0 Å². The van der Waals surface area contributed by atoms with Gasteiger partial charge in [-0.2, -0.15) is 4.98 Å². The Kier molecular flexibility index (Phi) is 3.47. The molecule has 0 amide bonds. The average molecular weight is 298 g/mol. The van der Waals surface area contributed by atoms with E-state index in [4.69, 9.17) is 10.3 Å². The van der Waals surface area contributed by atoms with Crippen molar-refractivity contribution in [1.29, 1.82) is 0 Å². The number of nitrogens with zero attached hydrogens (tertiary/aromatic N) is 3. The summed E-state index contributed by atoms with van der Waals surface area (Å²) in [6.07, 6.45) is 5.66. The second kappa shape index (κ2) is 5.48. The third-order valence-corrected chi connectivity index (χ3v) is 4.90. The van der Waals surface area contributed by atoms with Crippen LogP contribution in [-0.2, 0) is 12.1 Å². The van der Waals surface area contributed by atoms with Gasteiger partial charge in [-0.1, -0.05) is 17.3 Å². The predicted octanol–water partition coefficient (Wildman–Crippen LogP) is 2.67. The first kappa shape index (κ1) is 13.9. The molecule has 0 spiro atoms. The van der Waals surface area contributed by atoms with Crippen LogP contribution >= 0.6 is 0 Å². The van der Waals surface area contributed by atoms with Gasteiger partial charge >= 0.3 is 0 Å². The Labute approximate surface area is 130 Å². The molecule has 1 aliphatic carbocycles. The minimum atomic E-state index is -0.366. The molecule has 116 valence electrons. The third kappa shape index (κ3) is 2.55. The highest BCUT2D eigenvalue weighted by Crippen LogP contribution is 2.37. The first-order valence-corrected chi connectivity index (χ1v) is 8.18. The second-order valence-corrected chi connectivity index (χ2v) is 6.62. The largest absolute Gasteiger partial charge is 0.334 e. The van der Waals surface area contributed by atoms with E-state index in [1.165, 1.54) is 31.5 Å². The molecule has 2 aromatic rings. The molecule has 0 atom stereocenters. The molecule has 0 radical (unpaired) electrons. The third-order valence-electron chi connectivity index (χ3n) is 4.90. The lowest BCUT2D eigenvalue weighted by Gasteiger charge is -2.34.